The van der Waals surface area contributed by atoms with E-state index in [0.29, 0.717) is 24.8 Å². The van der Waals surface area contributed by atoms with Gasteiger partial charge in [0.15, 0.2) is 0 Å². The van der Waals surface area contributed by atoms with Crippen molar-refractivity contribution in [2.24, 2.45) is 5.73 Å². The smallest absolute Gasteiger partial charge is 0.292 e. The molecule has 136 valence electrons. The Labute approximate surface area is 155 Å². The summed E-state index contributed by atoms with van der Waals surface area (Å²) in [6.45, 7) is 5.40. The van der Waals surface area contributed by atoms with E-state index in [2.05, 4.69) is 31.1 Å². The molecule has 1 aromatic heterocycles. The first kappa shape index (κ1) is 19.5. The van der Waals surface area contributed by atoms with Crippen LogP contribution >= 0.6 is 12.4 Å². The maximum absolute atomic E-state index is 12.7. The molecule has 2 N–H and O–H groups in total. The lowest BCUT2D eigenvalue weighted by molar-refractivity contribution is 0.0747. The highest BCUT2D eigenvalue weighted by Gasteiger charge is 2.35. The van der Waals surface area contributed by atoms with E-state index in [4.69, 9.17) is 10.3 Å². The number of rotatable bonds is 5. The van der Waals surface area contributed by atoms with Crippen LogP contribution < -0.4 is 5.73 Å². The Morgan fingerprint density at radius 1 is 1.28 bits per heavy atom. The second-order valence-electron chi connectivity index (χ2n) is 6.52. The number of nitrogens with zero attached hydrogens (tertiary/aromatic N) is 2. The molecule has 1 saturated heterocycles. The summed E-state index contributed by atoms with van der Waals surface area (Å²) >= 11 is 0. The first-order valence-electron chi connectivity index (χ1n) is 8.70. The Kier molecular flexibility index (Phi) is 6.62. The number of halogens is 1. The third-order valence-corrected chi connectivity index (χ3v) is 5.02. The number of hydrogen-bond donors (Lipinski definition) is 1. The lowest BCUT2D eigenvalue weighted by Crippen LogP contribution is -2.32. The monoisotopic (exact) mass is 363 g/mol. The van der Waals surface area contributed by atoms with Crippen molar-refractivity contribution in [2.75, 3.05) is 13.1 Å². The zero-order valence-electron chi connectivity index (χ0n) is 14.7. The van der Waals surface area contributed by atoms with Gasteiger partial charge in [-0.2, -0.15) is 0 Å². The van der Waals surface area contributed by atoms with Crippen molar-refractivity contribution in [3.05, 3.63) is 53.4 Å². The van der Waals surface area contributed by atoms with E-state index >= 15 is 0 Å². The molecule has 0 unspecified atom stereocenters. The zero-order valence-corrected chi connectivity index (χ0v) is 15.5. The first-order chi connectivity index (χ1) is 11.6. The molecule has 0 bridgehead atoms. The maximum Gasteiger partial charge on any atom is 0.292 e. The highest BCUT2D eigenvalue weighted by atomic mass is 35.5. The van der Waals surface area contributed by atoms with E-state index in [9.17, 15) is 4.79 Å². The van der Waals surface area contributed by atoms with Crippen LogP contribution in [0.3, 0.4) is 0 Å². The van der Waals surface area contributed by atoms with E-state index in [1.54, 1.807) is 11.0 Å². The number of benzene rings is 1. The lowest BCUT2D eigenvalue weighted by Gasteiger charge is -2.15. The molecule has 1 aliphatic rings. The Bertz CT molecular complexity index is 685. The van der Waals surface area contributed by atoms with Gasteiger partial charge in [0, 0.05) is 37.0 Å². The molecule has 1 amide bonds. The van der Waals surface area contributed by atoms with Gasteiger partial charge in [-0.3, -0.25) is 4.79 Å². The van der Waals surface area contributed by atoms with E-state index in [0.717, 1.165) is 18.5 Å². The fraction of sp³-hybridized carbons (Fsp3) is 0.474. The summed E-state index contributed by atoms with van der Waals surface area (Å²) in [6, 6.07) is 11.9. The number of hydrogen-bond acceptors (Lipinski definition) is 4. The molecule has 2 aromatic rings. The molecule has 0 aliphatic carbocycles. The molecule has 5 nitrogen and oxygen atoms in total. The van der Waals surface area contributed by atoms with Gasteiger partial charge in [0.25, 0.3) is 5.91 Å². The molecule has 2 heterocycles. The van der Waals surface area contributed by atoms with Crippen LogP contribution in [0.4, 0.5) is 0 Å². The number of carbonyl (C=O) groups is 1. The summed E-state index contributed by atoms with van der Waals surface area (Å²) in [7, 11) is 0. The Balaban J connectivity index is 0.00000225. The van der Waals surface area contributed by atoms with Crippen LogP contribution in [0.2, 0.25) is 0 Å². The van der Waals surface area contributed by atoms with Gasteiger partial charge in [0.1, 0.15) is 0 Å². The number of aromatic nitrogens is 1. The molecule has 3 rings (SSSR count). The maximum atomic E-state index is 12.7. The summed E-state index contributed by atoms with van der Waals surface area (Å²) < 4.78 is 5.32. The molecular formula is C19H26ClN3O2. The first-order valence-corrected chi connectivity index (χ1v) is 8.70. The van der Waals surface area contributed by atoms with Crippen LogP contribution in [0.25, 0.3) is 0 Å². The van der Waals surface area contributed by atoms with Crippen molar-refractivity contribution in [2.45, 2.75) is 44.6 Å². The summed E-state index contributed by atoms with van der Waals surface area (Å²) in [6.07, 6.45) is 1.97. The molecule has 25 heavy (non-hydrogen) atoms. The Morgan fingerprint density at radius 2 is 1.96 bits per heavy atom. The molecule has 0 radical (unpaired) electrons. The second-order valence-corrected chi connectivity index (χ2v) is 6.52. The van der Waals surface area contributed by atoms with E-state index in [1.165, 1.54) is 5.56 Å². The minimum atomic E-state index is -0.117. The van der Waals surface area contributed by atoms with Crippen LogP contribution in [0.5, 0.6) is 0 Å². The Hall–Kier alpha value is -1.85. The molecule has 2 atom stereocenters. The summed E-state index contributed by atoms with van der Waals surface area (Å²) in [5.41, 5.74) is 8.32. The largest absolute Gasteiger partial charge is 0.351 e. The quantitative estimate of drug-likeness (QED) is 0.881. The summed E-state index contributed by atoms with van der Waals surface area (Å²) in [4.78, 5) is 14.5. The minimum Gasteiger partial charge on any atom is -0.351 e. The van der Waals surface area contributed by atoms with Gasteiger partial charge in [-0.25, -0.2) is 0 Å². The van der Waals surface area contributed by atoms with Crippen molar-refractivity contribution in [3.8, 4) is 0 Å². The minimum absolute atomic E-state index is 0. The fourth-order valence-corrected chi connectivity index (χ4v) is 3.49. The van der Waals surface area contributed by atoms with Crippen molar-refractivity contribution < 1.29 is 9.32 Å². The van der Waals surface area contributed by atoms with E-state index < -0.39 is 0 Å². The van der Waals surface area contributed by atoms with Gasteiger partial charge in [-0.15, -0.1) is 12.4 Å². The predicted octanol–water partition coefficient (Wildman–Crippen LogP) is 3.57. The molecular weight excluding hydrogens is 338 g/mol. The van der Waals surface area contributed by atoms with Crippen LogP contribution in [0.1, 0.15) is 60.3 Å². The van der Waals surface area contributed by atoms with E-state index in [1.807, 2.05) is 18.2 Å². The third-order valence-electron chi connectivity index (χ3n) is 5.02. The molecule has 0 saturated carbocycles. The average molecular weight is 364 g/mol. The zero-order chi connectivity index (χ0) is 17.1. The van der Waals surface area contributed by atoms with E-state index in [-0.39, 0.29) is 30.3 Å². The fourth-order valence-electron chi connectivity index (χ4n) is 3.49. The molecule has 1 aromatic carbocycles. The molecule has 1 aliphatic heterocycles. The second kappa shape index (κ2) is 8.50. The van der Waals surface area contributed by atoms with Crippen molar-refractivity contribution >= 4 is 18.3 Å². The number of likely N-dealkylation sites (tertiary alicyclic amines) is 1. The topological polar surface area (TPSA) is 72.4 Å². The molecule has 1 fully saturated rings. The van der Waals surface area contributed by atoms with Gasteiger partial charge in [0.2, 0.25) is 5.76 Å². The van der Waals surface area contributed by atoms with Crippen LogP contribution in [-0.4, -0.2) is 35.1 Å². The summed E-state index contributed by atoms with van der Waals surface area (Å²) in [5, 5.41) is 4.09. The molecule has 6 heteroatoms. The normalized spacial score (nSPS) is 19.9. The molecule has 0 spiro atoms. The standard InChI is InChI=1S/C19H25N3O2.ClH/c1-3-13(4-2)17-10-18(24-21-17)19(23)22-11-15(16(20)12-22)14-8-6-5-7-9-14;/h5-10,13,15-16H,3-4,11-12,20H2,1-2H3;1H/t15-,16+;/m0./s1. The van der Waals surface area contributed by atoms with Crippen LogP contribution in [0, 0.1) is 0 Å². The number of nitrogens with two attached hydrogens (primary N) is 1. The summed E-state index contributed by atoms with van der Waals surface area (Å²) in [5.74, 6) is 0.705. The highest BCUT2D eigenvalue weighted by Crippen LogP contribution is 2.28. The van der Waals surface area contributed by atoms with Crippen molar-refractivity contribution in [3.63, 3.8) is 0 Å². The highest BCUT2D eigenvalue weighted by molar-refractivity contribution is 5.91. The van der Waals surface area contributed by atoms with Gasteiger partial charge < -0.3 is 15.2 Å². The SMILES string of the molecule is CCC(CC)c1cc(C(=O)N2C[C@@H](N)[C@H](c3ccccc3)C2)on1.Cl. The van der Waals surface area contributed by atoms with Crippen LogP contribution in [-0.2, 0) is 0 Å². The average Bonchev–Trinajstić information content (AvgIpc) is 3.23. The van der Waals surface area contributed by atoms with Gasteiger partial charge in [-0.05, 0) is 18.4 Å². The number of amides is 1. The van der Waals surface area contributed by atoms with Crippen LogP contribution in [0.15, 0.2) is 40.9 Å². The van der Waals surface area contributed by atoms with Gasteiger partial charge in [-0.1, -0.05) is 49.3 Å². The van der Waals surface area contributed by atoms with Gasteiger partial charge >= 0.3 is 0 Å². The predicted molar refractivity (Wildman–Crippen MR) is 100 cm³/mol. The van der Waals surface area contributed by atoms with Gasteiger partial charge in [0.05, 0.1) is 5.69 Å². The lowest BCUT2D eigenvalue weighted by atomic mass is 9.95. The number of carbonyl (C=O) groups excluding carboxylic acids is 1. The van der Waals surface area contributed by atoms with Crippen molar-refractivity contribution in [1.29, 1.82) is 0 Å². The third kappa shape index (κ3) is 4.05. The Morgan fingerprint density at radius 3 is 2.60 bits per heavy atom. The van der Waals surface area contributed by atoms with Crippen molar-refractivity contribution in [1.82, 2.24) is 10.1 Å².